The molecule has 0 radical (unpaired) electrons. The van der Waals surface area contributed by atoms with Gasteiger partial charge in [0.05, 0.1) is 24.8 Å². The Hall–Kier alpha value is -1.79. The van der Waals surface area contributed by atoms with Gasteiger partial charge in [0.15, 0.2) is 0 Å². The van der Waals surface area contributed by atoms with Crippen LogP contribution in [0.25, 0.3) is 0 Å². The summed E-state index contributed by atoms with van der Waals surface area (Å²) >= 11 is 5.91. The molecule has 1 aromatic carbocycles. The number of hydrogen-bond acceptors (Lipinski definition) is 4. The van der Waals surface area contributed by atoms with Crippen LogP contribution in [0.1, 0.15) is 13.3 Å². The molecule has 1 unspecified atom stereocenters. The summed E-state index contributed by atoms with van der Waals surface area (Å²) in [4.78, 5) is 23.3. The van der Waals surface area contributed by atoms with E-state index in [1.54, 1.807) is 19.1 Å². The molecule has 0 aliphatic heterocycles. The molecule has 0 heterocycles. The summed E-state index contributed by atoms with van der Waals surface area (Å²) in [5.74, 6) is -1.16. The van der Waals surface area contributed by atoms with Crippen LogP contribution in [-0.4, -0.2) is 36.7 Å². The Morgan fingerprint density at radius 3 is 2.60 bits per heavy atom. The fourth-order valence-electron chi connectivity index (χ4n) is 1.46. The molecule has 0 bridgehead atoms. The standard InChI is InChI=1S/C13H17ClN2O4/c1-3-8(7-17)15-12(18)13(19)16-9-4-5-11(20-2)10(14)6-9/h4-6,8,17H,3,7H2,1-2H3,(H,15,18)(H,16,19). The number of nitrogens with one attached hydrogen (secondary N) is 2. The molecule has 1 aromatic rings. The van der Waals surface area contributed by atoms with Gasteiger partial charge in [0.25, 0.3) is 0 Å². The summed E-state index contributed by atoms with van der Waals surface area (Å²) < 4.78 is 4.98. The van der Waals surface area contributed by atoms with Gasteiger partial charge in [0.2, 0.25) is 0 Å². The molecule has 0 aliphatic rings. The number of carbonyl (C=O) groups excluding carboxylic acids is 2. The lowest BCUT2D eigenvalue weighted by molar-refractivity contribution is -0.136. The average molecular weight is 301 g/mol. The summed E-state index contributed by atoms with van der Waals surface area (Å²) in [5.41, 5.74) is 0.382. The number of aliphatic hydroxyl groups is 1. The zero-order valence-electron chi connectivity index (χ0n) is 11.3. The molecular weight excluding hydrogens is 284 g/mol. The maximum Gasteiger partial charge on any atom is 0.313 e. The minimum absolute atomic E-state index is 0.218. The zero-order valence-corrected chi connectivity index (χ0v) is 12.0. The fraction of sp³-hybridized carbons (Fsp3) is 0.385. The smallest absolute Gasteiger partial charge is 0.313 e. The average Bonchev–Trinajstić information content (AvgIpc) is 2.44. The van der Waals surface area contributed by atoms with Crippen molar-refractivity contribution in [2.24, 2.45) is 0 Å². The maximum atomic E-state index is 11.7. The van der Waals surface area contributed by atoms with Gasteiger partial charge in [-0.25, -0.2) is 0 Å². The van der Waals surface area contributed by atoms with Crippen LogP contribution in [0.15, 0.2) is 18.2 Å². The zero-order chi connectivity index (χ0) is 15.1. The second-order valence-electron chi connectivity index (χ2n) is 4.06. The molecule has 20 heavy (non-hydrogen) atoms. The van der Waals surface area contributed by atoms with Crippen molar-refractivity contribution in [1.82, 2.24) is 5.32 Å². The minimum Gasteiger partial charge on any atom is -0.495 e. The molecule has 1 atom stereocenters. The van der Waals surface area contributed by atoms with E-state index in [1.165, 1.54) is 13.2 Å². The summed E-state index contributed by atoms with van der Waals surface area (Å²) in [6.45, 7) is 1.58. The lowest BCUT2D eigenvalue weighted by Crippen LogP contribution is -2.43. The first-order valence-corrected chi connectivity index (χ1v) is 6.45. The number of carbonyl (C=O) groups is 2. The van der Waals surface area contributed by atoms with E-state index in [9.17, 15) is 9.59 Å². The molecule has 0 fully saturated rings. The molecule has 1 rings (SSSR count). The summed E-state index contributed by atoms with van der Waals surface area (Å²) in [5, 5.41) is 14.1. The summed E-state index contributed by atoms with van der Waals surface area (Å²) in [7, 11) is 1.48. The molecule has 0 saturated carbocycles. The lowest BCUT2D eigenvalue weighted by atomic mass is 10.2. The largest absolute Gasteiger partial charge is 0.495 e. The number of anilines is 1. The molecule has 0 spiro atoms. The molecule has 2 amide bonds. The Balaban J connectivity index is 2.66. The molecule has 110 valence electrons. The number of ether oxygens (including phenoxy) is 1. The molecule has 0 aliphatic carbocycles. The Morgan fingerprint density at radius 1 is 1.40 bits per heavy atom. The highest BCUT2D eigenvalue weighted by atomic mass is 35.5. The minimum atomic E-state index is -0.821. The molecule has 0 saturated heterocycles. The monoisotopic (exact) mass is 300 g/mol. The van der Waals surface area contributed by atoms with Gasteiger partial charge in [-0.2, -0.15) is 0 Å². The van der Waals surface area contributed by atoms with E-state index in [-0.39, 0.29) is 6.61 Å². The van der Waals surface area contributed by atoms with Crippen molar-refractivity contribution in [1.29, 1.82) is 0 Å². The number of rotatable bonds is 5. The predicted octanol–water partition coefficient (Wildman–Crippen LogP) is 1.17. The lowest BCUT2D eigenvalue weighted by Gasteiger charge is -2.13. The van der Waals surface area contributed by atoms with E-state index in [0.29, 0.717) is 22.9 Å². The van der Waals surface area contributed by atoms with E-state index in [2.05, 4.69) is 10.6 Å². The van der Waals surface area contributed by atoms with Crippen molar-refractivity contribution in [2.75, 3.05) is 19.0 Å². The Bertz CT molecular complexity index is 489. The van der Waals surface area contributed by atoms with Crippen LogP contribution in [0.3, 0.4) is 0 Å². The van der Waals surface area contributed by atoms with Crippen molar-refractivity contribution in [3.05, 3.63) is 23.2 Å². The van der Waals surface area contributed by atoms with Gasteiger partial charge in [0, 0.05) is 5.69 Å². The Morgan fingerprint density at radius 2 is 2.10 bits per heavy atom. The molecule has 3 N–H and O–H groups in total. The third-order valence-corrected chi connectivity index (χ3v) is 2.96. The number of halogens is 1. The molecular formula is C13H17ClN2O4. The number of aliphatic hydroxyl groups excluding tert-OH is 1. The molecule has 7 heteroatoms. The highest BCUT2D eigenvalue weighted by Gasteiger charge is 2.17. The van der Waals surface area contributed by atoms with Crippen molar-refractivity contribution >= 4 is 29.1 Å². The quantitative estimate of drug-likeness (QED) is 0.712. The van der Waals surface area contributed by atoms with Gasteiger partial charge in [-0.05, 0) is 24.6 Å². The normalized spacial score (nSPS) is 11.6. The van der Waals surface area contributed by atoms with E-state index in [1.807, 2.05) is 0 Å². The number of hydrogen-bond donors (Lipinski definition) is 3. The van der Waals surface area contributed by atoms with Crippen molar-refractivity contribution in [3.63, 3.8) is 0 Å². The summed E-state index contributed by atoms with van der Waals surface area (Å²) in [6.07, 6.45) is 0.532. The van der Waals surface area contributed by atoms with Crippen LogP contribution >= 0.6 is 11.6 Å². The highest BCUT2D eigenvalue weighted by molar-refractivity contribution is 6.40. The van der Waals surface area contributed by atoms with Crippen LogP contribution in [0.2, 0.25) is 5.02 Å². The first-order valence-electron chi connectivity index (χ1n) is 6.08. The SMILES string of the molecule is CCC(CO)NC(=O)C(=O)Nc1ccc(OC)c(Cl)c1. The van der Waals surface area contributed by atoms with E-state index in [0.717, 1.165) is 0 Å². The van der Waals surface area contributed by atoms with Crippen LogP contribution in [0.4, 0.5) is 5.69 Å². The molecule has 0 aromatic heterocycles. The van der Waals surface area contributed by atoms with Gasteiger partial charge in [-0.1, -0.05) is 18.5 Å². The number of amides is 2. The fourth-order valence-corrected chi connectivity index (χ4v) is 1.72. The molecule has 6 nitrogen and oxygen atoms in total. The first kappa shape index (κ1) is 16.3. The van der Waals surface area contributed by atoms with Gasteiger partial charge < -0.3 is 20.5 Å². The third-order valence-electron chi connectivity index (χ3n) is 2.66. The predicted molar refractivity (Wildman–Crippen MR) is 75.9 cm³/mol. The van der Waals surface area contributed by atoms with Gasteiger partial charge >= 0.3 is 11.8 Å². The highest BCUT2D eigenvalue weighted by Crippen LogP contribution is 2.27. The van der Waals surface area contributed by atoms with Gasteiger partial charge in [0.1, 0.15) is 5.75 Å². The second-order valence-corrected chi connectivity index (χ2v) is 4.47. The van der Waals surface area contributed by atoms with E-state index in [4.69, 9.17) is 21.4 Å². The summed E-state index contributed by atoms with van der Waals surface area (Å²) in [6, 6.07) is 4.19. The van der Waals surface area contributed by atoms with Gasteiger partial charge in [-0.3, -0.25) is 9.59 Å². The Labute approximate surface area is 122 Å². The first-order chi connectivity index (χ1) is 9.51. The van der Waals surface area contributed by atoms with Crippen LogP contribution < -0.4 is 15.4 Å². The maximum absolute atomic E-state index is 11.7. The van der Waals surface area contributed by atoms with Crippen LogP contribution in [-0.2, 0) is 9.59 Å². The van der Waals surface area contributed by atoms with Crippen LogP contribution in [0.5, 0.6) is 5.75 Å². The number of methoxy groups -OCH3 is 1. The van der Waals surface area contributed by atoms with Crippen molar-refractivity contribution in [2.45, 2.75) is 19.4 Å². The topological polar surface area (TPSA) is 87.7 Å². The van der Waals surface area contributed by atoms with Crippen molar-refractivity contribution < 1.29 is 19.4 Å². The Kier molecular flexibility index (Phi) is 6.27. The number of benzene rings is 1. The second kappa shape index (κ2) is 7.72. The third kappa shape index (κ3) is 4.40. The van der Waals surface area contributed by atoms with Crippen LogP contribution in [0, 0.1) is 0 Å². The van der Waals surface area contributed by atoms with Crippen molar-refractivity contribution in [3.8, 4) is 5.75 Å². The van der Waals surface area contributed by atoms with E-state index < -0.39 is 17.9 Å². The van der Waals surface area contributed by atoms with E-state index >= 15 is 0 Å². The van der Waals surface area contributed by atoms with Gasteiger partial charge in [-0.15, -0.1) is 0 Å².